The number of carbonyl (C=O) groups excluding carboxylic acids is 2. The fraction of sp³-hybridized carbons (Fsp3) is 0.115. The van der Waals surface area contributed by atoms with Gasteiger partial charge in [0.2, 0.25) is 0 Å². The van der Waals surface area contributed by atoms with Crippen molar-refractivity contribution in [2.45, 2.75) is 12.8 Å². The highest BCUT2D eigenvalue weighted by atomic mass is 32.2. The molecule has 0 spiro atoms. The van der Waals surface area contributed by atoms with Crippen LogP contribution in [0, 0.1) is 5.41 Å². The second-order valence-electron chi connectivity index (χ2n) is 7.76. The van der Waals surface area contributed by atoms with Gasteiger partial charge in [0.05, 0.1) is 15.9 Å². The molecular formula is C26H21N3O2S2. The third kappa shape index (κ3) is 3.98. The summed E-state index contributed by atoms with van der Waals surface area (Å²) in [5.74, 6) is 0.195. The molecule has 1 unspecified atom stereocenters. The standard InChI is InChI=1S/C26H21N3O2S2/c1-16-21(25(31)28-18-11-6-3-7-12-18)22-19-13-8-14-29(19)24(27)23(22)26(33-16)32-15-20(30)17-9-4-2-5-10-17/h2-14,22,27H,15H2,1H3,(H,28,31). The molecule has 2 aliphatic rings. The number of nitrogens with one attached hydrogen (secondary N) is 2. The average molecular weight is 472 g/mol. The highest BCUT2D eigenvalue weighted by molar-refractivity contribution is 8.24. The second kappa shape index (κ2) is 8.92. The highest BCUT2D eigenvalue weighted by Gasteiger charge is 2.43. The van der Waals surface area contributed by atoms with Crippen molar-refractivity contribution in [3.8, 4) is 0 Å². The summed E-state index contributed by atoms with van der Waals surface area (Å²) < 4.78 is 2.74. The van der Waals surface area contributed by atoms with Crippen LogP contribution in [-0.2, 0) is 4.79 Å². The number of nitrogens with zero attached hydrogens (tertiary/aromatic N) is 1. The van der Waals surface area contributed by atoms with Crippen molar-refractivity contribution < 1.29 is 9.59 Å². The Balaban J connectivity index is 1.47. The van der Waals surface area contributed by atoms with Crippen LogP contribution in [0.3, 0.4) is 0 Å². The van der Waals surface area contributed by atoms with E-state index in [0.717, 1.165) is 26.1 Å². The summed E-state index contributed by atoms with van der Waals surface area (Å²) in [5, 5.41) is 11.8. The number of para-hydroxylation sites is 1. The van der Waals surface area contributed by atoms with E-state index in [1.165, 1.54) is 23.5 Å². The zero-order valence-corrected chi connectivity index (χ0v) is 19.5. The maximum atomic E-state index is 13.4. The number of benzene rings is 2. The molecule has 2 aliphatic heterocycles. The molecule has 164 valence electrons. The number of hydrogen-bond donors (Lipinski definition) is 2. The lowest BCUT2D eigenvalue weighted by atomic mass is 9.89. The highest BCUT2D eigenvalue weighted by Crippen LogP contribution is 2.53. The van der Waals surface area contributed by atoms with E-state index < -0.39 is 0 Å². The van der Waals surface area contributed by atoms with Gasteiger partial charge in [0.15, 0.2) is 5.78 Å². The maximum absolute atomic E-state index is 13.4. The number of thioether (sulfide) groups is 2. The number of aromatic nitrogens is 1. The molecule has 1 atom stereocenters. The van der Waals surface area contributed by atoms with Gasteiger partial charge in [0, 0.05) is 34.3 Å². The molecule has 0 saturated heterocycles. The van der Waals surface area contributed by atoms with Crippen molar-refractivity contribution in [1.82, 2.24) is 4.57 Å². The van der Waals surface area contributed by atoms with Crippen LogP contribution in [0.1, 0.15) is 28.9 Å². The Morgan fingerprint density at radius 3 is 2.45 bits per heavy atom. The van der Waals surface area contributed by atoms with E-state index in [0.29, 0.717) is 17.0 Å². The van der Waals surface area contributed by atoms with Gasteiger partial charge >= 0.3 is 0 Å². The van der Waals surface area contributed by atoms with Gasteiger partial charge in [0.25, 0.3) is 5.91 Å². The first-order chi connectivity index (χ1) is 16.0. The van der Waals surface area contributed by atoms with E-state index in [1.54, 1.807) is 0 Å². The van der Waals surface area contributed by atoms with Crippen LogP contribution in [0.15, 0.2) is 99.3 Å². The predicted molar refractivity (Wildman–Crippen MR) is 136 cm³/mol. The Kier molecular flexibility index (Phi) is 5.83. The summed E-state index contributed by atoms with van der Waals surface area (Å²) in [5.41, 5.74) is 3.76. The smallest absolute Gasteiger partial charge is 0.253 e. The van der Waals surface area contributed by atoms with Gasteiger partial charge in [-0.05, 0) is 36.1 Å². The number of allylic oxidation sites excluding steroid dienone is 2. The van der Waals surface area contributed by atoms with E-state index in [4.69, 9.17) is 5.41 Å². The number of amides is 1. The summed E-state index contributed by atoms with van der Waals surface area (Å²) >= 11 is 2.93. The van der Waals surface area contributed by atoms with E-state index in [2.05, 4.69) is 5.32 Å². The van der Waals surface area contributed by atoms with E-state index in [-0.39, 0.29) is 23.4 Å². The normalized spacial score (nSPS) is 17.1. The Morgan fingerprint density at radius 1 is 1.03 bits per heavy atom. The third-order valence-corrected chi connectivity index (χ3v) is 8.12. The van der Waals surface area contributed by atoms with Crippen molar-refractivity contribution in [3.05, 3.63) is 111 Å². The number of ketones is 1. The lowest BCUT2D eigenvalue weighted by Gasteiger charge is -2.26. The summed E-state index contributed by atoms with van der Waals surface area (Å²) in [6, 6.07) is 22.5. The van der Waals surface area contributed by atoms with Gasteiger partial charge in [-0.3, -0.25) is 15.0 Å². The monoisotopic (exact) mass is 471 g/mol. The predicted octanol–water partition coefficient (Wildman–Crippen LogP) is 5.90. The molecule has 3 heterocycles. The SMILES string of the molecule is CC1=C(C(=O)Nc2ccccc2)C2C(=C(SCC(=O)c3ccccc3)S1)C(=N)n1cccc12. The number of Topliss-reactive ketones (excluding diaryl/α,β-unsaturated/α-hetero) is 1. The fourth-order valence-corrected chi connectivity index (χ4v) is 6.67. The molecule has 5 nitrogen and oxygen atoms in total. The molecule has 2 N–H and O–H groups in total. The van der Waals surface area contributed by atoms with Gasteiger partial charge in [-0.2, -0.15) is 0 Å². The van der Waals surface area contributed by atoms with Crippen molar-refractivity contribution >= 4 is 46.7 Å². The molecule has 2 aromatic carbocycles. The minimum Gasteiger partial charge on any atom is -0.322 e. The van der Waals surface area contributed by atoms with E-state index in [1.807, 2.05) is 90.5 Å². The first kappa shape index (κ1) is 21.6. The number of carbonyl (C=O) groups is 2. The van der Waals surface area contributed by atoms with Gasteiger partial charge in [-0.25, -0.2) is 0 Å². The van der Waals surface area contributed by atoms with E-state index in [9.17, 15) is 9.59 Å². The van der Waals surface area contributed by atoms with Gasteiger partial charge in [-0.15, -0.1) is 11.8 Å². The largest absolute Gasteiger partial charge is 0.322 e. The zero-order valence-electron chi connectivity index (χ0n) is 17.9. The molecule has 3 aromatic rings. The van der Waals surface area contributed by atoms with Crippen LogP contribution in [0.5, 0.6) is 0 Å². The van der Waals surface area contributed by atoms with Crippen LogP contribution in [0.2, 0.25) is 0 Å². The van der Waals surface area contributed by atoms with Crippen molar-refractivity contribution in [1.29, 1.82) is 5.41 Å². The summed E-state index contributed by atoms with van der Waals surface area (Å²) in [6.07, 6.45) is 1.85. The lowest BCUT2D eigenvalue weighted by Crippen LogP contribution is -2.23. The number of anilines is 1. The number of rotatable bonds is 6. The molecule has 0 bridgehead atoms. The number of hydrogen-bond acceptors (Lipinski definition) is 5. The second-order valence-corrected chi connectivity index (χ2v) is 10.2. The van der Waals surface area contributed by atoms with Crippen LogP contribution in [0.25, 0.3) is 0 Å². The topological polar surface area (TPSA) is 75.0 Å². The molecule has 7 heteroatoms. The summed E-state index contributed by atoms with van der Waals surface area (Å²) in [7, 11) is 0. The lowest BCUT2D eigenvalue weighted by molar-refractivity contribution is -0.113. The van der Waals surface area contributed by atoms with Crippen LogP contribution >= 0.6 is 23.5 Å². The Bertz CT molecular complexity index is 1320. The van der Waals surface area contributed by atoms with Crippen molar-refractivity contribution in [2.24, 2.45) is 0 Å². The van der Waals surface area contributed by atoms with E-state index >= 15 is 0 Å². The minimum absolute atomic E-state index is 0.0456. The number of fused-ring (bicyclic) bond motifs is 3. The maximum Gasteiger partial charge on any atom is 0.253 e. The van der Waals surface area contributed by atoms with Gasteiger partial charge in [-0.1, -0.05) is 60.3 Å². The summed E-state index contributed by atoms with van der Waals surface area (Å²) in [4.78, 5) is 27.0. The molecule has 0 fully saturated rings. The van der Waals surface area contributed by atoms with Crippen molar-refractivity contribution in [2.75, 3.05) is 11.1 Å². The first-order valence-electron chi connectivity index (χ1n) is 10.5. The molecule has 5 rings (SSSR count). The zero-order chi connectivity index (χ0) is 22.9. The summed E-state index contributed by atoms with van der Waals surface area (Å²) in [6.45, 7) is 1.94. The van der Waals surface area contributed by atoms with Crippen LogP contribution < -0.4 is 5.32 Å². The van der Waals surface area contributed by atoms with Crippen LogP contribution in [0.4, 0.5) is 5.69 Å². The Hall–Kier alpha value is -3.29. The average Bonchev–Trinajstić information content (AvgIpc) is 3.41. The third-order valence-electron chi connectivity index (χ3n) is 5.70. The van der Waals surface area contributed by atoms with Gasteiger partial charge in [0.1, 0.15) is 5.84 Å². The molecule has 1 amide bonds. The molecule has 1 aromatic heterocycles. The minimum atomic E-state index is -0.327. The molecular weight excluding hydrogens is 450 g/mol. The molecule has 0 aliphatic carbocycles. The van der Waals surface area contributed by atoms with Gasteiger partial charge < -0.3 is 9.88 Å². The molecule has 0 radical (unpaired) electrons. The first-order valence-corrected chi connectivity index (χ1v) is 12.3. The van der Waals surface area contributed by atoms with Crippen LogP contribution in [-0.4, -0.2) is 27.8 Å². The Morgan fingerprint density at radius 2 is 1.73 bits per heavy atom. The van der Waals surface area contributed by atoms with Crippen molar-refractivity contribution in [3.63, 3.8) is 0 Å². The quantitative estimate of drug-likeness (QED) is 0.439. The fourth-order valence-electron chi connectivity index (χ4n) is 4.16. The Labute approximate surface area is 200 Å². The molecule has 33 heavy (non-hydrogen) atoms. The molecule has 0 saturated carbocycles.